The molecule has 2 N–H and O–H groups in total. The third-order valence-corrected chi connectivity index (χ3v) is 9.55. The fourth-order valence-electron chi connectivity index (χ4n) is 6.63. The summed E-state index contributed by atoms with van der Waals surface area (Å²) in [5.41, 5.74) is 0.843. The molecule has 9 nitrogen and oxygen atoms in total. The van der Waals surface area contributed by atoms with Crippen LogP contribution in [0.3, 0.4) is 0 Å². The normalized spacial score (nSPS) is 20.9. The van der Waals surface area contributed by atoms with Gasteiger partial charge in [-0.15, -0.1) is 0 Å². The highest BCUT2D eigenvalue weighted by Gasteiger charge is 2.40. The zero-order chi connectivity index (χ0) is 34.3. The van der Waals surface area contributed by atoms with Crippen molar-refractivity contribution in [2.24, 2.45) is 11.3 Å². The van der Waals surface area contributed by atoms with Gasteiger partial charge in [-0.05, 0) is 82.0 Å². The molecule has 0 unspecified atom stereocenters. The van der Waals surface area contributed by atoms with Gasteiger partial charge in [-0.2, -0.15) is 0 Å². The molecule has 0 aromatic heterocycles. The Morgan fingerprint density at radius 2 is 1.67 bits per heavy atom. The second-order valence-electron chi connectivity index (χ2n) is 14.7. The monoisotopic (exact) mass is 657 g/mol. The topological polar surface area (TPSA) is 102 Å². The van der Waals surface area contributed by atoms with Crippen LogP contribution in [0.2, 0.25) is 5.02 Å². The summed E-state index contributed by atoms with van der Waals surface area (Å²) in [7, 11) is 1.75. The zero-order valence-electron chi connectivity index (χ0n) is 29.4. The lowest BCUT2D eigenvalue weighted by molar-refractivity contribution is -0.142. The lowest BCUT2D eigenvalue weighted by atomic mass is 9.84. The van der Waals surface area contributed by atoms with Crippen LogP contribution in [-0.4, -0.2) is 88.7 Å². The summed E-state index contributed by atoms with van der Waals surface area (Å²) in [4.78, 5) is 60.2. The number of amides is 4. The van der Waals surface area contributed by atoms with Gasteiger partial charge in [-0.1, -0.05) is 70.8 Å². The minimum Gasteiger partial charge on any atom is -0.350 e. The van der Waals surface area contributed by atoms with Crippen molar-refractivity contribution in [2.75, 3.05) is 20.1 Å². The molecule has 0 aliphatic carbocycles. The third-order valence-electron chi connectivity index (χ3n) is 9.32. The molecule has 2 heterocycles. The molecule has 0 bridgehead atoms. The predicted octanol–water partition coefficient (Wildman–Crippen LogP) is 5.17. The first-order valence-electron chi connectivity index (χ1n) is 16.9. The van der Waals surface area contributed by atoms with Crippen molar-refractivity contribution in [3.63, 3.8) is 0 Å². The highest BCUT2D eigenvalue weighted by molar-refractivity contribution is 6.30. The van der Waals surface area contributed by atoms with Gasteiger partial charge >= 0.3 is 0 Å². The second-order valence-corrected chi connectivity index (χ2v) is 15.1. The van der Waals surface area contributed by atoms with E-state index in [1.54, 1.807) is 29.8 Å². The number of likely N-dealkylation sites (tertiary alicyclic amines) is 2. The number of nitrogens with one attached hydrogen (secondary N) is 2. The van der Waals surface area contributed by atoms with Crippen molar-refractivity contribution in [1.82, 2.24) is 25.3 Å². The van der Waals surface area contributed by atoms with Crippen molar-refractivity contribution in [2.45, 2.75) is 124 Å². The molecule has 256 valence electrons. The second kappa shape index (κ2) is 16.3. The van der Waals surface area contributed by atoms with E-state index in [0.717, 1.165) is 37.8 Å². The van der Waals surface area contributed by atoms with Crippen molar-refractivity contribution in [3.8, 4) is 0 Å². The molecule has 4 atom stereocenters. The number of piperidine rings is 1. The lowest BCUT2D eigenvalue weighted by Gasteiger charge is -2.41. The van der Waals surface area contributed by atoms with Gasteiger partial charge in [0.1, 0.15) is 12.1 Å². The highest BCUT2D eigenvalue weighted by Crippen LogP contribution is 2.27. The Morgan fingerprint density at radius 1 is 1.00 bits per heavy atom. The van der Waals surface area contributed by atoms with Crippen LogP contribution in [0, 0.1) is 11.3 Å². The maximum absolute atomic E-state index is 14.1. The van der Waals surface area contributed by atoms with Gasteiger partial charge in [0.15, 0.2) is 0 Å². The summed E-state index contributed by atoms with van der Waals surface area (Å²) in [5.74, 6) is -0.699. The molecule has 4 amide bonds. The maximum Gasteiger partial charge on any atom is 0.249 e. The van der Waals surface area contributed by atoms with E-state index in [2.05, 4.69) is 29.4 Å². The van der Waals surface area contributed by atoms with Gasteiger partial charge in [0.05, 0.1) is 12.1 Å². The Balaban J connectivity index is 1.74. The van der Waals surface area contributed by atoms with Crippen LogP contribution in [0.4, 0.5) is 0 Å². The van der Waals surface area contributed by atoms with Gasteiger partial charge in [-0.3, -0.25) is 24.1 Å². The molecular formula is C36H56ClN5O4. The van der Waals surface area contributed by atoms with Crippen LogP contribution < -0.4 is 10.6 Å². The number of hydrogen-bond donors (Lipinski definition) is 2. The average Bonchev–Trinajstić information content (AvgIpc) is 3.49. The smallest absolute Gasteiger partial charge is 0.249 e. The van der Waals surface area contributed by atoms with Crippen LogP contribution in [0.25, 0.3) is 0 Å². The van der Waals surface area contributed by atoms with Crippen molar-refractivity contribution in [1.29, 1.82) is 0 Å². The molecule has 0 radical (unpaired) electrons. The van der Waals surface area contributed by atoms with E-state index in [1.165, 1.54) is 0 Å². The zero-order valence-corrected chi connectivity index (χ0v) is 30.1. The molecule has 2 aliphatic rings. The molecule has 10 heteroatoms. The Labute approximate surface area is 281 Å². The number of benzene rings is 1. The Kier molecular flexibility index (Phi) is 13.3. The summed E-state index contributed by atoms with van der Waals surface area (Å²) in [6, 6.07) is 5.62. The lowest BCUT2D eigenvalue weighted by Crippen LogP contribution is -2.60. The fraction of sp³-hybridized carbons (Fsp3) is 0.667. The average molecular weight is 658 g/mol. The SMILES string of the molecule is C/C(=C\[C@H](C(C)C)N(C)C(=O)[C@@H](NC(=O)[C@H]1CCCCN1C(C)C)C(C)(C)C)C(=O)N1CCC[C@H]1C(=O)NCc1cccc(Cl)c1. The van der Waals surface area contributed by atoms with Gasteiger partial charge in [0.25, 0.3) is 0 Å². The van der Waals surface area contributed by atoms with Crippen molar-refractivity contribution in [3.05, 3.63) is 46.5 Å². The molecule has 46 heavy (non-hydrogen) atoms. The van der Waals surface area contributed by atoms with Gasteiger partial charge in [0.2, 0.25) is 23.6 Å². The Hall–Kier alpha value is -2.91. The minimum absolute atomic E-state index is 0.00170. The molecular weight excluding hydrogens is 602 g/mol. The van der Waals surface area contributed by atoms with Crippen LogP contribution >= 0.6 is 11.6 Å². The molecule has 2 aliphatic heterocycles. The molecule has 1 aromatic rings. The molecule has 1 aromatic carbocycles. The molecule has 2 saturated heterocycles. The number of halogens is 1. The predicted molar refractivity (Wildman–Crippen MR) is 184 cm³/mol. The van der Waals surface area contributed by atoms with E-state index in [-0.39, 0.29) is 41.6 Å². The Morgan fingerprint density at radius 3 is 2.28 bits per heavy atom. The first-order chi connectivity index (χ1) is 21.5. The van der Waals surface area contributed by atoms with Crippen LogP contribution in [0.1, 0.15) is 93.1 Å². The summed E-state index contributed by atoms with van der Waals surface area (Å²) in [6.07, 6.45) is 6.01. The first-order valence-corrected chi connectivity index (χ1v) is 17.2. The van der Waals surface area contributed by atoms with Crippen LogP contribution in [0.5, 0.6) is 0 Å². The van der Waals surface area contributed by atoms with Gasteiger partial charge in [-0.25, -0.2) is 0 Å². The number of likely N-dealkylation sites (N-methyl/N-ethyl adjacent to an activating group) is 1. The standard InChI is InChI=1S/C36H56ClN5O4/c1-23(2)30(40(9)35(46)31(36(6,7)8)39-33(44)29-16-10-11-18-41(29)24(3)4)20-25(5)34(45)42-19-13-17-28(42)32(43)38-22-26-14-12-15-27(37)21-26/h12,14-15,20-21,23-24,28-31H,10-11,13,16-19,22H2,1-9H3,(H,38,43)(H,39,44)/b25-20+/t28-,29+,30+,31+/m0/s1. The van der Waals surface area contributed by atoms with Crippen LogP contribution in [-0.2, 0) is 25.7 Å². The first kappa shape index (κ1) is 37.5. The van der Waals surface area contributed by atoms with E-state index in [1.807, 2.05) is 58.9 Å². The van der Waals surface area contributed by atoms with E-state index in [0.29, 0.717) is 30.1 Å². The number of nitrogens with zero attached hydrogens (tertiary/aromatic N) is 3. The summed E-state index contributed by atoms with van der Waals surface area (Å²) in [5, 5.41) is 6.69. The fourth-order valence-corrected chi connectivity index (χ4v) is 6.85. The molecule has 2 fully saturated rings. The Bertz CT molecular complexity index is 1270. The van der Waals surface area contributed by atoms with E-state index < -0.39 is 23.5 Å². The summed E-state index contributed by atoms with van der Waals surface area (Å²) < 4.78 is 0. The third kappa shape index (κ3) is 9.57. The number of carbonyl (C=O) groups excluding carboxylic acids is 4. The maximum atomic E-state index is 14.1. The number of hydrogen-bond acceptors (Lipinski definition) is 5. The molecule has 3 rings (SSSR count). The highest BCUT2D eigenvalue weighted by atomic mass is 35.5. The molecule has 0 spiro atoms. The van der Waals surface area contributed by atoms with E-state index >= 15 is 0 Å². The van der Waals surface area contributed by atoms with Crippen molar-refractivity contribution >= 4 is 35.2 Å². The largest absolute Gasteiger partial charge is 0.350 e. The molecule has 0 saturated carbocycles. The number of carbonyl (C=O) groups is 4. The summed E-state index contributed by atoms with van der Waals surface area (Å²) >= 11 is 6.08. The minimum atomic E-state index is -0.738. The van der Waals surface area contributed by atoms with Gasteiger partial charge in [0, 0.05) is 36.8 Å². The van der Waals surface area contributed by atoms with Crippen molar-refractivity contribution < 1.29 is 19.2 Å². The number of rotatable bonds is 11. The van der Waals surface area contributed by atoms with Crippen LogP contribution in [0.15, 0.2) is 35.9 Å². The van der Waals surface area contributed by atoms with Gasteiger partial charge < -0.3 is 20.4 Å². The van der Waals surface area contributed by atoms with E-state index in [9.17, 15) is 19.2 Å². The quantitative estimate of drug-likeness (QED) is 0.320. The summed E-state index contributed by atoms with van der Waals surface area (Å²) in [6.45, 7) is 17.6. The van der Waals surface area contributed by atoms with E-state index in [4.69, 9.17) is 11.6 Å².